The van der Waals surface area contributed by atoms with E-state index in [2.05, 4.69) is 15.3 Å². The molecule has 3 aromatic rings. The van der Waals surface area contributed by atoms with Crippen LogP contribution in [-0.4, -0.2) is 9.97 Å². The second-order valence-electron chi connectivity index (χ2n) is 5.50. The van der Waals surface area contributed by atoms with E-state index in [-0.39, 0.29) is 12.2 Å². The maximum absolute atomic E-state index is 11.8. The lowest BCUT2D eigenvalue weighted by atomic mass is 10.2. The zero-order valence-corrected chi connectivity index (χ0v) is 13.5. The molecular weight excluding hydrogens is 302 g/mol. The molecule has 0 radical (unpaired) electrons. The van der Waals surface area contributed by atoms with Crippen LogP contribution in [0, 0.1) is 6.92 Å². The van der Waals surface area contributed by atoms with Crippen molar-refractivity contribution in [3.63, 3.8) is 0 Å². The van der Waals surface area contributed by atoms with Gasteiger partial charge in [0.2, 0.25) is 5.95 Å². The molecule has 5 nitrogen and oxygen atoms in total. The maximum atomic E-state index is 11.8. The molecule has 3 rings (SSSR count). The highest BCUT2D eigenvalue weighted by molar-refractivity contribution is 5.57. The molecule has 0 spiro atoms. The van der Waals surface area contributed by atoms with Crippen molar-refractivity contribution in [3.8, 4) is 0 Å². The first-order chi connectivity index (χ1) is 11.7. The number of benzene rings is 2. The van der Waals surface area contributed by atoms with Crippen LogP contribution in [0.25, 0.3) is 0 Å². The Kier molecular flexibility index (Phi) is 5.03. The standard InChI is InChI=1S/C19H19N3O2/c1-14-7-5-6-10-17(14)21-19-20-16(11-18(23)22-19)13-24-12-15-8-3-2-4-9-15/h2-11H,12-13H2,1H3,(H2,20,21,22,23). The minimum atomic E-state index is -0.209. The van der Waals surface area contributed by atoms with E-state index in [1.54, 1.807) is 0 Å². The van der Waals surface area contributed by atoms with Crippen LogP contribution in [0.15, 0.2) is 65.5 Å². The topological polar surface area (TPSA) is 67.0 Å². The largest absolute Gasteiger partial charge is 0.370 e. The van der Waals surface area contributed by atoms with Gasteiger partial charge in [-0.2, -0.15) is 0 Å². The fourth-order valence-electron chi connectivity index (χ4n) is 2.33. The molecule has 2 aromatic carbocycles. The number of hydrogen-bond donors (Lipinski definition) is 2. The van der Waals surface area contributed by atoms with E-state index in [0.29, 0.717) is 18.2 Å². The van der Waals surface area contributed by atoms with Crippen LogP contribution < -0.4 is 10.9 Å². The fraction of sp³-hybridized carbons (Fsp3) is 0.158. The van der Waals surface area contributed by atoms with E-state index in [9.17, 15) is 4.79 Å². The molecule has 1 heterocycles. The van der Waals surface area contributed by atoms with Crippen LogP contribution in [-0.2, 0) is 18.0 Å². The van der Waals surface area contributed by atoms with E-state index in [1.165, 1.54) is 6.07 Å². The highest BCUT2D eigenvalue weighted by atomic mass is 16.5. The lowest BCUT2D eigenvalue weighted by molar-refractivity contribution is 0.104. The minimum absolute atomic E-state index is 0.209. The van der Waals surface area contributed by atoms with Gasteiger partial charge in [-0.05, 0) is 24.1 Å². The summed E-state index contributed by atoms with van der Waals surface area (Å²) in [5.41, 5.74) is 3.44. The number of anilines is 2. The molecule has 0 amide bonds. The number of aromatic nitrogens is 2. The third kappa shape index (κ3) is 4.30. The van der Waals surface area contributed by atoms with Crippen LogP contribution in [0.2, 0.25) is 0 Å². The minimum Gasteiger partial charge on any atom is -0.370 e. The molecular formula is C19H19N3O2. The third-order valence-electron chi connectivity index (χ3n) is 3.55. The smallest absolute Gasteiger partial charge is 0.252 e. The molecule has 0 fully saturated rings. The van der Waals surface area contributed by atoms with E-state index in [4.69, 9.17) is 4.74 Å². The molecule has 2 N–H and O–H groups in total. The fourth-order valence-corrected chi connectivity index (χ4v) is 2.33. The van der Waals surface area contributed by atoms with Crippen LogP contribution in [0.3, 0.4) is 0 Å². The van der Waals surface area contributed by atoms with Crippen LogP contribution in [0.1, 0.15) is 16.8 Å². The first-order valence-corrected chi connectivity index (χ1v) is 7.75. The molecule has 0 bridgehead atoms. The van der Waals surface area contributed by atoms with Gasteiger partial charge >= 0.3 is 0 Å². The molecule has 0 unspecified atom stereocenters. The van der Waals surface area contributed by atoms with Crippen molar-refractivity contribution in [3.05, 3.63) is 87.8 Å². The first kappa shape index (κ1) is 16.0. The second-order valence-corrected chi connectivity index (χ2v) is 5.50. The van der Waals surface area contributed by atoms with Gasteiger partial charge in [0.1, 0.15) is 0 Å². The number of aromatic amines is 1. The van der Waals surface area contributed by atoms with Crippen molar-refractivity contribution in [2.45, 2.75) is 20.1 Å². The van der Waals surface area contributed by atoms with Gasteiger partial charge in [0, 0.05) is 11.8 Å². The number of nitrogens with zero attached hydrogens (tertiary/aromatic N) is 1. The number of ether oxygens (including phenoxy) is 1. The average Bonchev–Trinajstić information content (AvgIpc) is 2.57. The van der Waals surface area contributed by atoms with Gasteiger partial charge < -0.3 is 10.1 Å². The quantitative estimate of drug-likeness (QED) is 0.729. The lowest BCUT2D eigenvalue weighted by Crippen LogP contribution is -2.13. The summed E-state index contributed by atoms with van der Waals surface area (Å²) < 4.78 is 5.65. The Labute approximate surface area is 140 Å². The summed E-state index contributed by atoms with van der Waals surface area (Å²) in [6.07, 6.45) is 0. The molecule has 0 saturated heterocycles. The van der Waals surface area contributed by atoms with Gasteiger partial charge in [0.05, 0.1) is 18.9 Å². The highest BCUT2D eigenvalue weighted by Crippen LogP contribution is 2.16. The van der Waals surface area contributed by atoms with Crippen molar-refractivity contribution in [1.82, 2.24) is 9.97 Å². The molecule has 1 aromatic heterocycles. The number of aryl methyl sites for hydroxylation is 1. The van der Waals surface area contributed by atoms with Gasteiger partial charge in [-0.3, -0.25) is 9.78 Å². The molecule has 5 heteroatoms. The van der Waals surface area contributed by atoms with E-state index in [0.717, 1.165) is 16.8 Å². The molecule has 0 atom stereocenters. The summed E-state index contributed by atoms with van der Waals surface area (Å²) in [6.45, 7) is 2.75. The summed E-state index contributed by atoms with van der Waals surface area (Å²) in [4.78, 5) is 18.9. The summed E-state index contributed by atoms with van der Waals surface area (Å²) in [6, 6.07) is 19.2. The molecule has 122 valence electrons. The highest BCUT2D eigenvalue weighted by Gasteiger charge is 2.04. The Bertz CT molecular complexity index is 860. The van der Waals surface area contributed by atoms with Gasteiger partial charge in [0.25, 0.3) is 5.56 Å². The van der Waals surface area contributed by atoms with Gasteiger partial charge in [-0.25, -0.2) is 4.98 Å². The predicted octanol–water partition coefficient (Wildman–Crippen LogP) is 3.54. The van der Waals surface area contributed by atoms with E-state index < -0.39 is 0 Å². The number of hydrogen-bond acceptors (Lipinski definition) is 4. The summed E-state index contributed by atoms with van der Waals surface area (Å²) in [7, 11) is 0. The van der Waals surface area contributed by atoms with Crippen molar-refractivity contribution < 1.29 is 4.74 Å². The first-order valence-electron chi connectivity index (χ1n) is 7.75. The number of rotatable bonds is 6. The Balaban J connectivity index is 1.67. The molecule has 0 saturated carbocycles. The summed E-state index contributed by atoms with van der Waals surface area (Å²) in [5.74, 6) is 0.412. The summed E-state index contributed by atoms with van der Waals surface area (Å²) >= 11 is 0. The number of H-pyrrole nitrogens is 1. The average molecular weight is 321 g/mol. The van der Waals surface area contributed by atoms with Crippen molar-refractivity contribution in [2.24, 2.45) is 0 Å². The van der Waals surface area contributed by atoms with Crippen molar-refractivity contribution >= 4 is 11.6 Å². The Hall–Kier alpha value is -2.92. The molecule has 0 aliphatic carbocycles. The zero-order chi connectivity index (χ0) is 16.8. The maximum Gasteiger partial charge on any atom is 0.252 e. The van der Waals surface area contributed by atoms with Gasteiger partial charge in [-0.15, -0.1) is 0 Å². The Morgan fingerprint density at radius 2 is 1.79 bits per heavy atom. The van der Waals surface area contributed by atoms with Crippen molar-refractivity contribution in [2.75, 3.05) is 5.32 Å². The lowest BCUT2D eigenvalue weighted by Gasteiger charge is -2.09. The van der Waals surface area contributed by atoms with E-state index >= 15 is 0 Å². The predicted molar refractivity (Wildman–Crippen MR) is 94.3 cm³/mol. The molecule has 0 aliphatic rings. The third-order valence-corrected chi connectivity index (χ3v) is 3.55. The SMILES string of the molecule is Cc1ccccc1Nc1nc(COCc2ccccc2)cc(=O)[nH]1. The van der Waals surface area contributed by atoms with Gasteiger partial charge in [-0.1, -0.05) is 48.5 Å². The van der Waals surface area contributed by atoms with Crippen LogP contribution >= 0.6 is 0 Å². The molecule has 0 aliphatic heterocycles. The number of nitrogens with one attached hydrogen (secondary N) is 2. The molecule has 24 heavy (non-hydrogen) atoms. The number of para-hydroxylation sites is 1. The van der Waals surface area contributed by atoms with Crippen LogP contribution in [0.5, 0.6) is 0 Å². The van der Waals surface area contributed by atoms with Crippen molar-refractivity contribution in [1.29, 1.82) is 0 Å². The normalized spacial score (nSPS) is 10.5. The van der Waals surface area contributed by atoms with Crippen LogP contribution in [0.4, 0.5) is 11.6 Å². The second kappa shape index (κ2) is 7.57. The zero-order valence-electron chi connectivity index (χ0n) is 13.5. The summed E-state index contributed by atoms with van der Waals surface area (Å²) in [5, 5.41) is 3.14. The Morgan fingerprint density at radius 3 is 2.58 bits per heavy atom. The van der Waals surface area contributed by atoms with Gasteiger partial charge in [0.15, 0.2) is 0 Å². The van der Waals surface area contributed by atoms with E-state index in [1.807, 2.05) is 61.5 Å². The Morgan fingerprint density at radius 1 is 1.04 bits per heavy atom. The monoisotopic (exact) mass is 321 g/mol.